The Morgan fingerprint density at radius 3 is 2.28 bits per heavy atom. The van der Waals surface area contributed by atoms with Crippen molar-refractivity contribution in [3.8, 4) is 11.5 Å². The monoisotopic (exact) mass is 248 g/mol. The van der Waals surface area contributed by atoms with Crippen LogP contribution < -0.4 is 9.47 Å². The fraction of sp³-hybridized carbons (Fsp3) is 0.231. The number of carbonyl (C=O) groups excluding carboxylic acids is 2. The first-order valence-corrected chi connectivity index (χ1v) is 5.27. The van der Waals surface area contributed by atoms with Gasteiger partial charge in [0.25, 0.3) is 0 Å². The van der Waals surface area contributed by atoms with Crippen LogP contribution in [0.1, 0.15) is 22.8 Å². The Hall–Kier alpha value is -2.30. The Bertz CT molecular complexity index is 583. The van der Waals surface area contributed by atoms with Crippen LogP contribution in [-0.2, 0) is 4.79 Å². The van der Waals surface area contributed by atoms with Gasteiger partial charge >= 0.3 is 0 Å². The molecular weight excluding hydrogens is 236 g/mol. The summed E-state index contributed by atoms with van der Waals surface area (Å²) in [6.45, 7) is 1.41. The molecule has 0 amide bonds. The van der Waals surface area contributed by atoms with Crippen molar-refractivity contribution in [3.05, 3.63) is 28.8 Å². The number of rotatable bonds is 2. The van der Waals surface area contributed by atoms with E-state index in [1.54, 1.807) is 6.07 Å². The molecule has 0 radical (unpaired) electrons. The summed E-state index contributed by atoms with van der Waals surface area (Å²) in [6.07, 6.45) is 0. The molecule has 0 saturated heterocycles. The molecule has 1 aliphatic rings. The zero-order valence-electron chi connectivity index (χ0n) is 10.2. The lowest BCUT2D eigenvalue weighted by Crippen LogP contribution is -2.23. The number of aliphatic hydroxyl groups excluding tert-OH is 1. The minimum Gasteiger partial charge on any atom is -0.507 e. The van der Waals surface area contributed by atoms with E-state index >= 15 is 0 Å². The van der Waals surface area contributed by atoms with Crippen molar-refractivity contribution in [1.82, 2.24) is 0 Å². The van der Waals surface area contributed by atoms with E-state index in [1.807, 2.05) is 0 Å². The minimum atomic E-state index is -0.730. The Morgan fingerprint density at radius 1 is 1.06 bits per heavy atom. The predicted octanol–water partition coefficient (Wildman–Crippen LogP) is 1.76. The quantitative estimate of drug-likeness (QED) is 0.807. The molecule has 94 valence electrons. The van der Waals surface area contributed by atoms with Crippen molar-refractivity contribution in [1.29, 1.82) is 0 Å². The fourth-order valence-corrected chi connectivity index (χ4v) is 1.94. The van der Waals surface area contributed by atoms with Crippen molar-refractivity contribution in [2.24, 2.45) is 0 Å². The van der Waals surface area contributed by atoms with Crippen molar-refractivity contribution in [3.63, 3.8) is 0 Å². The van der Waals surface area contributed by atoms with Gasteiger partial charge < -0.3 is 14.6 Å². The second-order valence-electron chi connectivity index (χ2n) is 3.86. The lowest BCUT2D eigenvalue weighted by atomic mass is 9.88. The van der Waals surface area contributed by atoms with E-state index in [4.69, 9.17) is 9.47 Å². The highest BCUT2D eigenvalue weighted by molar-refractivity contribution is 6.52. The number of allylic oxidation sites excluding steroid dienone is 1. The van der Waals surface area contributed by atoms with Gasteiger partial charge in [-0.1, -0.05) is 0 Å². The molecular formula is C13H12O5. The molecule has 1 aromatic carbocycles. The smallest absolute Gasteiger partial charge is 0.237 e. The van der Waals surface area contributed by atoms with Gasteiger partial charge in [0.2, 0.25) is 11.6 Å². The van der Waals surface area contributed by atoms with Crippen LogP contribution in [0.3, 0.4) is 0 Å². The minimum absolute atomic E-state index is 0.0414. The van der Waals surface area contributed by atoms with Gasteiger partial charge in [-0.05, 0) is 19.1 Å². The number of benzene rings is 1. The van der Waals surface area contributed by atoms with Gasteiger partial charge in [-0.25, -0.2) is 0 Å². The summed E-state index contributed by atoms with van der Waals surface area (Å²) in [4.78, 5) is 23.7. The van der Waals surface area contributed by atoms with E-state index in [0.717, 1.165) is 0 Å². The van der Waals surface area contributed by atoms with E-state index in [0.29, 0.717) is 5.75 Å². The summed E-state index contributed by atoms with van der Waals surface area (Å²) in [5, 5.41) is 9.91. The first-order chi connectivity index (χ1) is 8.52. The molecule has 0 atom stereocenters. The van der Waals surface area contributed by atoms with Crippen LogP contribution in [0.5, 0.6) is 11.5 Å². The van der Waals surface area contributed by atoms with Gasteiger partial charge in [0, 0.05) is 11.1 Å². The Kier molecular flexibility index (Phi) is 2.82. The molecule has 1 aliphatic carbocycles. The normalized spacial score (nSPS) is 14.6. The number of carbonyl (C=O) groups is 2. The molecule has 18 heavy (non-hydrogen) atoms. The second-order valence-corrected chi connectivity index (χ2v) is 3.86. The number of methoxy groups -OCH3 is 2. The first-order valence-electron chi connectivity index (χ1n) is 5.27. The number of ether oxygens (including phenoxy) is 2. The van der Waals surface area contributed by atoms with Gasteiger partial charge in [-0.3, -0.25) is 9.59 Å². The zero-order valence-corrected chi connectivity index (χ0v) is 10.2. The zero-order chi connectivity index (χ0) is 13.4. The standard InChI is InChI=1S/C13H12O5/c1-6-10(14)7-4-5-8(17-2)13(18-3)9(7)12(16)11(6)15/h4-5,14H,1-3H3. The molecule has 0 fully saturated rings. The molecule has 1 aromatic rings. The summed E-state index contributed by atoms with van der Waals surface area (Å²) in [7, 11) is 2.80. The van der Waals surface area contributed by atoms with Crippen molar-refractivity contribution >= 4 is 17.3 Å². The molecule has 0 bridgehead atoms. The van der Waals surface area contributed by atoms with Gasteiger partial charge in [-0.15, -0.1) is 0 Å². The number of aliphatic hydroxyl groups is 1. The van der Waals surface area contributed by atoms with Crippen LogP contribution >= 0.6 is 0 Å². The number of Topliss-reactive ketones (excluding diaryl/α,β-unsaturated/α-hetero) is 2. The van der Waals surface area contributed by atoms with Crippen molar-refractivity contribution in [2.45, 2.75) is 6.92 Å². The van der Waals surface area contributed by atoms with Crippen LogP contribution in [-0.4, -0.2) is 30.9 Å². The van der Waals surface area contributed by atoms with Gasteiger partial charge in [-0.2, -0.15) is 0 Å². The Balaban J connectivity index is 2.83. The van der Waals surface area contributed by atoms with E-state index in [1.165, 1.54) is 27.2 Å². The third-order valence-electron chi connectivity index (χ3n) is 2.93. The molecule has 2 rings (SSSR count). The lowest BCUT2D eigenvalue weighted by molar-refractivity contribution is -0.111. The lowest BCUT2D eigenvalue weighted by Gasteiger charge is -2.19. The van der Waals surface area contributed by atoms with Crippen molar-refractivity contribution in [2.75, 3.05) is 14.2 Å². The van der Waals surface area contributed by atoms with Crippen molar-refractivity contribution < 1.29 is 24.2 Å². The summed E-state index contributed by atoms with van der Waals surface area (Å²) in [5.74, 6) is -1.13. The third kappa shape index (κ3) is 1.48. The van der Waals surface area contributed by atoms with Gasteiger partial charge in [0.05, 0.1) is 19.8 Å². The van der Waals surface area contributed by atoms with E-state index < -0.39 is 11.6 Å². The predicted molar refractivity (Wildman–Crippen MR) is 64.1 cm³/mol. The highest BCUT2D eigenvalue weighted by atomic mass is 16.5. The Labute approximate surface area is 104 Å². The van der Waals surface area contributed by atoms with Crippen LogP contribution in [0.15, 0.2) is 17.7 Å². The first kappa shape index (κ1) is 12.2. The molecule has 5 heteroatoms. The summed E-state index contributed by atoms with van der Waals surface area (Å²) >= 11 is 0. The molecule has 0 heterocycles. The fourth-order valence-electron chi connectivity index (χ4n) is 1.94. The van der Waals surface area contributed by atoms with Gasteiger partial charge in [0.1, 0.15) is 5.76 Å². The number of hydrogen-bond acceptors (Lipinski definition) is 5. The maximum Gasteiger partial charge on any atom is 0.237 e. The molecule has 0 saturated carbocycles. The number of fused-ring (bicyclic) bond motifs is 1. The van der Waals surface area contributed by atoms with E-state index in [2.05, 4.69) is 0 Å². The van der Waals surface area contributed by atoms with E-state index in [-0.39, 0.29) is 28.2 Å². The second kappa shape index (κ2) is 4.18. The maximum atomic E-state index is 12.0. The van der Waals surface area contributed by atoms with Crippen LogP contribution in [0.25, 0.3) is 5.76 Å². The van der Waals surface area contributed by atoms with Gasteiger partial charge in [0.15, 0.2) is 11.5 Å². The summed E-state index contributed by atoms with van der Waals surface area (Å²) in [5.41, 5.74) is 0.374. The summed E-state index contributed by atoms with van der Waals surface area (Å²) < 4.78 is 10.2. The Morgan fingerprint density at radius 2 is 1.72 bits per heavy atom. The molecule has 0 aliphatic heterocycles. The van der Waals surface area contributed by atoms with Crippen LogP contribution in [0.2, 0.25) is 0 Å². The maximum absolute atomic E-state index is 12.0. The van der Waals surface area contributed by atoms with Crippen LogP contribution in [0.4, 0.5) is 0 Å². The van der Waals surface area contributed by atoms with E-state index in [9.17, 15) is 14.7 Å². The molecule has 0 unspecified atom stereocenters. The topological polar surface area (TPSA) is 72.8 Å². The highest BCUT2D eigenvalue weighted by Crippen LogP contribution is 2.39. The summed E-state index contributed by atoms with van der Waals surface area (Å²) in [6, 6.07) is 3.10. The molecule has 1 N–H and O–H groups in total. The number of hydrogen-bond donors (Lipinski definition) is 1. The SMILES string of the molecule is COc1ccc2c(c1OC)C(=O)C(=O)C(C)=C2O. The average molecular weight is 248 g/mol. The third-order valence-corrected chi connectivity index (χ3v) is 2.93. The molecule has 0 spiro atoms. The molecule has 0 aromatic heterocycles. The highest BCUT2D eigenvalue weighted by Gasteiger charge is 2.34. The average Bonchev–Trinajstić information content (AvgIpc) is 2.40. The van der Waals surface area contributed by atoms with Crippen LogP contribution in [0, 0.1) is 0 Å². The number of ketones is 2. The molecule has 5 nitrogen and oxygen atoms in total. The largest absolute Gasteiger partial charge is 0.507 e.